The molecule has 6 heteroatoms. The van der Waals surface area contributed by atoms with Gasteiger partial charge >= 0.3 is 11.9 Å². The second-order valence-electron chi connectivity index (χ2n) is 5.91. The summed E-state index contributed by atoms with van der Waals surface area (Å²) in [6.45, 7) is 6.06. The first kappa shape index (κ1) is 19.4. The van der Waals surface area contributed by atoms with Gasteiger partial charge in [-0.25, -0.2) is 4.98 Å². The summed E-state index contributed by atoms with van der Waals surface area (Å²) in [5.74, 6) is -0.778. The van der Waals surface area contributed by atoms with E-state index >= 15 is 0 Å². The molecule has 1 N–H and O–H groups in total. The lowest BCUT2D eigenvalue weighted by Gasteiger charge is -2.30. The predicted molar refractivity (Wildman–Crippen MR) is 89.2 cm³/mol. The topological polar surface area (TPSA) is 89.6 Å². The number of carboxylic acids is 1. The van der Waals surface area contributed by atoms with Crippen LogP contribution in [0.3, 0.4) is 0 Å². The second kappa shape index (κ2) is 8.86. The summed E-state index contributed by atoms with van der Waals surface area (Å²) >= 11 is 0. The molecule has 1 aromatic heterocycles. The van der Waals surface area contributed by atoms with Gasteiger partial charge in [0, 0.05) is 13.3 Å². The first-order valence-corrected chi connectivity index (χ1v) is 7.53. The summed E-state index contributed by atoms with van der Waals surface area (Å²) in [6, 6.07) is 0. The molecule has 0 saturated heterocycles. The maximum atomic E-state index is 11.4. The van der Waals surface area contributed by atoms with Crippen LogP contribution in [0.4, 0.5) is 0 Å². The van der Waals surface area contributed by atoms with Gasteiger partial charge in [-0.15, -0.1) is 0 Å². The van der Waals surface area contributed by atoms with Gasteiger partial charge in [0.05, 0.1) is 6.20 Å². The first-order chi connectivity index (χ1) is 11.2. The molecule has 0 aliphatic carbocycles. The zero-order valence-corrected chi connectivity index (χ0v) is 14.4. The number of carboxylic acid groups (broad SMARTS) is 1. The number of nitrogens with zero attached hydrogens (tertiary/aromatic N) is 1. The van der Waals surface area contributed by atoms with E-state index < -0.39 is 23.5 Å². The number of carbonyl (C=O) groups excluding carboxylic acids is 1. The molecule has 0 saturated carbocycles. The molecule has 1 rings (SSSR count). The molecule has 1 atom stereocenters. The Balaban J connectivity index is 2.74. The van der Waals surface area contributed by atoms with Crippen molar-refractivity contribution in [3.8, 4) is 0 Å². The summed E-state index contributed by atoms with van der Waals surface area (Å²) in [7, 11) is 0. The van der Waals surface area contributed by atoms with E-state index in [1.54, 1.807) is 31.3 Å². The van der Waals surface area contributed by atoms with Gasteiger partial charge in [-0.1, -0.05) is 30.4 Å². The summed E-state index contributed by atoms with van der Waals surface area (Å²) < 4.78 is 10.3. The number of carbonyl (C=O) groups is 2. The number of aliphatic carboxylic acids is 1. The summed E-state index contributed by atoms with van der Waals surface area (Å²) in [6.07, 6.45) is 11.9. The fraction of sp³-hybridized carbons (Fsp3) is 0.389. The van der Waals surface area contributed by atoms with Crippen molar-refractivity contribution in [2.45, 2.75) is 40.2 Å². The van der Waals surface area contributed by atoms with Crippen molar-refractivity contribution in [2.24, 2.45) is 5.41 Å². The van der Waals surface area contributed by atoms with Gasteiger partial charge in [0.1, 0.15) is 17.3 Å². The minimum atomic E-state index is -1.22. The minimum Gasteiger partial charge on any atom is -0.481 e. The molecule has 0 bridgehead atoms. The van der Waals surface area contributed by atoms with Crippen molar-refractivity contribution in [3.05, 3.63) is 54.3 Å². The third-order valence-electron chi connectivity index (χ3n) is 3.42. The van der Waals surface area contributed by atoms with Crippen LogP contribution in [-0.2, 0) is 20.7 Å². The van der Waals surface area contributed by atoms with E-state index in [2.05, 4.69) is 4.98 Å². The van der Waals surface area contributed by atoms with Crippen molar-refractivity contribution in [1.29, 1.82) is 0 Å². The Kier molecular flexibility index (Phi) is 7.17. The van der Waals surface area contributed by atoms with Crippen LogP contribution in [0.25, 0.3) is 0 Å². The van der Waals surface area contributed by atoms with Gasteiger partial charge in [-0.05, 0) is 26.3 Å². The molecule has 0 unspecified atom stereocenters. The third kappa shape index (κ3) is 5.87. The molecule has 0 aliphatic rings. The molecular formula is C18H23NO5. The predicted octanol–water partition coefficient (Wildman–Crippen LogP) is 3.32. The van der Waals surface area contributed by atoms with E-state index in [1.807, 2.05) is 12.2 Å². The highest BCUT2D eigenvalue weighted by atomic mass is 16.5. The number of oxazole rings is 1. The first-order valence-electron chi connectivity index (χ1n) is 7.53. The molecule has 1 heterocycles. The average Bonchev–Trinajstić information content (AvgIpc) is 3.00. The van der Waals surface area contributed by atoms with Gasteiger partial charge in [-0.2, -0.15) is 0 Å². The van der Waals surface area contributed by atoms with Gasteiger partial charge in [0.15, 0.2) is 6.39 Å². The lowest BCUT2D eigenvalue weighted by Crippen LogP contribution is -2.40. The molecule has 0 radical (unpaired) electrons. The number of hydrogen-bond donors (Lipinski definition) is 1. The van der Waals surface area contributed by atoms with E-state index in [0.29, 0.717) is 12.0 Å². The van der Waals surface area contributed by atoms with Crippen molar-refractivity contribution in [1.82, 2.24) is 4.98 Å². The summed E-state index contributed by atoms with van der Waals surface area (Å²) in [5, 5.41) is 9.34. The van der Waals surface area contributed by atoms with Gasteiger partial charge in [0.25, 0.3) is 0 Å². The third-order valence-corrected chi connectivity index (χ3v) is 3.42. The maximum absolute atomic E-state index is 11.4. The summed E-state index contributed by atoms with van der Waals surface area (Å²) in [4.78, 5) is 26.5. The Hall–Kier alpha value is -2.63. The fourth-order valence-electron chi connectivity index (χ4n) is 2.05. The van der Waals surface area contributed by atoms with E-state index in [4.69, 9.17) is 9.15 Å². The molecule has 24 heavy (non-hydrogen) atoms. The number of allylic oxidation sites excluding steroid dienone is 5. The Morgan fingerprint density at radius 3 is 2.58 bits per heavy atom. The lowest BCUT2D eigenvalue weighted by molar-refractivity contribution is -0.161. The van der Waals surface area contributed by atoms with E-state index in [1.165, 1.54) is 27.2 Å². The van der Waals surface area contributed by atoms with Gasteiger partial charge < -0.3 is 14.3 Å². The van der Waals surface area contributed by atoms with Crippen molar-refractivity contribution in [2.75, 3.05) is 0 Å². The van der Waals surface area contributed by atoms with Crippen LogP contribution < -0.4 is 0 Å². The van der Waals surface area contributed by atoms with E-state index in [9.17, 15) is 14.7 Å². The molecule has 1 aromatic rings. The molecule has 0 spiro atoms. The summed E-state index contributed by atoms with van der Waals surface area (Å²) in [5.41, 5.74) is -0.570. The smallest absolute Gasteiger partial charge is 0.313 e. The highest BCUT2D eigenvalue weighted by molar-refractivity contribution is 5.76. The van der Waals surface area contributed by atoms with Crippen LogP contribution in [0.2, 0.25) is 0 Å². The Morgan fingerprint density at radius 1 is 1.33 bits per heavy atom. The molecule has 0 fully saturated rings. The highest BCUT2D eigenvalue weighted by Gasteiger charge is 2.40. The largest absolute Gasteiger partial charge is 0.481 e. The number of ether oxygens (including phenoxy) is 1. The minimum absolute atomic E-state index is 0.516. The van der Waals surface area contributed by atoms with Crippen LogP contribution in [-0.4, -0.2) is 28.1 Å². The van der Waals surface area contributed by atoms with E-state index in [0.717, 1.165) is 5.76 Å². The molecular weight excluding hydrogens is 310 g/mol. The van der Waals surface area contributed by atoms with Crippen LogP contribution in [0.15, 0.2) is 53.0 Å². The number of rotatable bonds is 8. The Morgan fingerprint density at radius 2 is 2.04 bits per heavy atom. The van der Waals surface area contributed by atoms with Crippen LogP contribution in [0.1, 0.15) is 33.5 Å². The molecule has 130 valence electrons. The Bertz CT molecular complexity index is 638. The number of aromatic nitrogens is 1. The number of hydrogen-bond acceptors (Lipinski definition) is 5. The maximum Gasteiger partial charge on any atom is 0.313 e. The number of esters is 1. The lowest BCUT2D eigenvalue weighted by atomic mass is 9.82. The molecule has 0 aromatic carbocycles. The monoisotopic (exact) mass is 333 g/mol. The van der Waals surface area contributed by atoms with Crippen LogP contribution in [0, 0.1) is 5.41 Å². The fourth-order valence-corrected chi connectivity index (χ4v) is 2.05. The Labute approximate surface area is 141 Å². The second-order valence-corrected chi connectivity index (χ2v) is 5.91. The zero-order valence-electron chi connectivity index (χ0n) is 14.4. The molecule has 0 aliphatic heterocycles. The molecule has 0 amide bonds. The SMILES string of the molecule is CC(=O)O[C@H](\C(C)=C/C=C/C=C/Cc1cnco1)C(C)(C)C(=O)O. The average molecular weight is 333 g/mol. The molecule has 6 nitrogen and oxygen atoms in total. The van der Waals surface area contributed by atoms with Crippen LogP contribution >= 0.6 is 0 Å². The standard InChI is InChI=1S/C18H23NO5/c1-13(16(24-14(2)20)18(3,4)17(21)22)9-7-5-6-8-10-15-11-19-12-23-15/h5-9,11-12,16H,10H2,1-4H3,(H,21,22)/b7-5+,8-6+,13-9-/t16-/m1/s1. The van der Waals surface area contributed by atoms with Crippen LogP contribution in [0.5, 0.6) is 0 Å². The van der Waals surface area contributed by atoms with Gasteiger partial charge in [-0.3, -0.25) is 9.59 Å². The normalized spacial score (nSPS) is 14.2. The highest BCUT2D eigenvalue weighted by Crippen LogP contribution is 2.29. The van der Waals surface area contributed by atoms with Crippen molar-refractivity contribution >= 4 is 11.9 Å². The van der Waals surface area contributed by atoms with Crippen molar-refractivity contribution < 1.29 is 23.8 Å². The van der Waals surface area contributed by atoms with Crippen molar-refractivity contribution in [3.63, 3.8) is 0 Å². The quantitative estimate of drug-likeness (QED) is 0.580. The van der Waals surface area contributed by atoms with E-state index in [-0.39, 0.29) is 0 Å². The zero-order chi connectivity index (χ0) is 18.2. The van der Waals surface area contributed by atoms with Gasteiger partial charge in [0.2, 0.25) is 0 Å².